The second kappa shape index (κ2) is 7.44. The predicted octanol–water partition coefficient (Wildman–Crippen LogP) is 4.28. The normalized spacial score (nSPS) is 47.3. The van der Waals surface area contributed by atoms with Crippen LogP contribution in [0, 0.1) is 57.2 Å². The van der Waals surface area contributed by atoms with E-state index in [1.54, 1.807) is 6.08 Å². The second-order valence-corrected chi connectivity index (χ2v) is 10.3. The molecule has 0 radical (unpaired) electrons. The van der Waals surface area contributed by atoms with E-state index < -0.39 is 18.2 Å². The summed E-state index contributed by atoms with van der Waals surface area (Å²) >= 11 is 0. The number of fused-ring (bicyclic) bond motifs is 5. The van der Waals surface area contributed by atoms with Gasteiger partial charge in [0.1, 0.15) is 12.5 Å². The molecule has 0 aromatic carbocycles. The molecule has 4 aliphatic carbocycles. The minimum atomic E-state index is -0.627. The lowest BCUT2D eigenvalue weighted by Gasteiger charge is -2.61. The van der Waals surface area contributed by atoms with Crippen LogP contribution < -0.4 is 0 Å². The molecule has 0 heterocycles. The Morgan fingerprint density at radius 1 is 1.24 bits per heavy atom. The molecule has 0 unspecified atom stereocenters. The minimum absolute atomic E-state index is 0.0583. The van der Waals surface area contributed by atoms with Gasteiger partial charge in [0.15, 0.2) is 0 Å². The molecule has 0 aliphatic heterocycles. The van der Waals surface area contributed by atoms with E-state index in [-0.39, 0.29) is 17.3 Å². The standard InChI is InChI=1S/C24H32N2O3/c1-23-10-7-19-17(18(23)6-4-15(23)8-11-25)5-3-16-13-20(27)21(14-24(16,19)2)29-22(28)9-12-26/h8,16-21,27H,3-7,9-10,13-14H2,1-2H3/b15-8+/t16-,17-,18-,19-,20-,21-,23+,24-/m0/s1. The first-order chi connectivity index (χ1) is 13.8. The van der Waals surface area contributed by atoms with Crippen LogP contribution in [-0.4, -0.2) is 23.3 Å². The highest BCUT2D eigenvalue weighted by molar-refractivity contribution is 5.72. The smallest absolute Gasteiger partial charge is 0.320 e. The van der Waals surface area contributed by atoms with Crippen LogP contribution in [0.25, 0.3) is 0 Å². The third-order valence-corrected chi connectivity index (χ3v) is 9.25. The van der Waals surface area contributed by atoms with E-state index in [0.717, 1.165) is 25.7 Å². The average molecular weight is 397 g/mol. The zero-order chi connectivity index (χ0) is 20.8. The Labute approximate surface area is 173 Å². The van der Waals surface area contributed by atoms with Crippen molar-refractivity contribution in [1.82, 2.24) is 0 Å². The Hall–Kier alpha value is -1.85. The van der Waals surface area contributed by atoms with E-state index in [1.165, 1.54) is 18.4 Å². The summed E-state index contributed by atoms with van der Waals surface area (Å²) in [5.74, 6) is 1.79. The monoisotopic (exact) mass is 396 g/mol. The number of allylic oxidation sites excluding steroid dienone is 2. The van der Waals surface area contributed by atoms with Crippen molar-refractivity contribution < 1.29 is 14.6 Å². The minimum Gasteiger partial charge on any atom is -0.459 e. The van der Waals surface area contributed by atoms with Gasteiger partial charge in [-0.1, -0.05) is 19.4 Å². The lowest BCUT2D eigenvalue weighted by Crippen LogP contribution is -2.56. The van der Waals surface area contributed by atoms with Crippen molar-refractivity contribution in [2.45, 2.75) is 83.8 Å². The predicted molar refractivity (Wildman–Crippen MR) is 107 cm³/mol. The maximum atomic E-state index is 11.9. The van der Waals surface area contributed by atoms with Gasteiger partial charge >= 0.3 is 5.97 Å². The summed E-state index contributed by atoms with van der Waals surface area (Å²) in [6.07, 6.45) is 8.61. The molecule has 0 bridgehead atoms. The van der Waals surface area contributed by atoms with Crippen LogP contribution in [0.2, 0.25) is 0 Å². The molecule has 8 atom stereocenters. The molecule has 4 aliphatic rings. The quantitative estimate of drug-likeness (QED) is 0.555. The number of aliphatic hydroxyl groups is 1. The first-order valence-electron chi connectivity index (χ1n) is 11.2. The Kier molecular flexibility index (Phi) is 5.24. The lowest BCUT2D eigenvalue weighted by molar-refractivity contribution is -0.181. The molecule has 0 aromatic heterocycles. The van der Waals surface area contributed by atoms with Crippen LogP contribution >= 0.6 is 0 Å². The Morgan fingerprint density at radius 2 is 2.03 bits per heavy atom. The highest BCUT2D eigenvalue weighted by atomic mass is 16.6. The zero-order valence-electron chi connectivity index (χ0n) is 17.6. The topological polar surface area (TPSA) is 94.1 Å². The molecule has 1 N–H and O–H groups in total. The number of esters is 1. The molecule has 4 fully saturated rings. The summed E-state index contributed by atoms with van der Waals surface area (Å²) in [7, 11) is 0. The maximum absolute atomic E-state index is 11.9. The molecule has 5 nitrogen and oxygen atoms in total. The first-order valence-corrected chi connectivity index (χ1v) is 11.2. The summed E-state index contributed by atoms with van der Waals surface area (Å²) in [5, 5.41) is 28.6. The number of ether oxygens (including phenoxy) is 1. The maximum Gasteiger partial charge on any atom is 0.320 e. The second-order valence-electron chi connectivity index (χ2n) is 10.3. The molecular weight excluding hydrogens is 364 g/mol. The number of nitrogens with zero attached hydrogens (tertiary/aromatic N) is 2. The number of aliphatic hydroxyl groups excluding tert-OH is 1. The van der Waals surface area contributed by atoms with Crippen LogP contribution in [0.5, 0.6) is 0 Å². The van der Waals surface area contributed by atoms with E-state index in [9.17, 15) is 15.2 Å². The molecule has 0 aromatic rings. The van der Waals surface area contributed by atoms with Gasteiger partial charge in [0.25, 0.3) is 0 Å². The molecule has 29 heavy (non-hydrogen) atoms. The van der Waals surface area contributed by atoms with E-state index in [1.807, 2.05) is 6.07 Å². The fraction of sp³-hybridized carbons (Fsp3) is 0.792. The lowest BCUT2D eigenvalue weighted by atomic mass is 9.44. The largest absolute Gasteiger partial charge is 0.459 e. The first kappa shape index (κ1) is 20.4. The van der Waals surface area contributed by atoms with Gasteiger partial charge in [-0.25, -0.2) is 0 Å². The number of rotatable bonds is 2. The molecule has 0 saturated heterocycles. The summed E-state index contributed by atoms with van der Waals surface area (Å²) < 4.78 is 5.54. The summed E-state index contributed by atoms with van der Waals surface area (Å²) in [5.41, 5.74) is 1.56. The van der Waals surface area contributed by atoms with Gasteiger partial charge in [0.05, 0.1) is 18.2 Å². The van der Waals surface area contributed by atoms with E-state index in [2.05, 4.69) is 19.9 Å². The van der Waals surface area contributed by atoms with Crippen molar-refractivity contribution >= 4 is 5.97 Å². The Bertz CT molecular complexity index is 793. The van der Waals surface area contributed by atoms with Gasteiger partial charge in [-0.05, 0) is 85.9 Å². The molecule has 4 rings (SSSR count). The fourth-order valence-electron chi connectivity index (χ4n) is 7.81. The number of carbonyl (C=O) groups is 1. The average Bonchev–Trinajstić information content (AvgIpc) is 3.00. The molecular formula is C24H32N2O3. The molecule has 156 valence electrons. The third-order valence-electron chi connectivity index (χ3n) is 9.25. The Morgan fingerprint density at radius 3 is 2.76 bits per heavy atom. The summed E-state index contributed by atoms with van der Waals surface area (Å²) in [6.45, 7) is 4.73. The van der Waals surface area contributed by atoms with Gasteiger partial charge in [-0.2, -0.15) is 10.5 Å². The van der Waals surface area contributed by atoms with Crippen molar-refractivity contribution in [1.29, 1.82) is 10.5 Å². The highest BCUT2D eigenvalue weighted by Crippen LogP contribution is 2.67. The third kappa shape index (κ3) is 3.19. The van der Waals surface area contributed by atoms with Crippen LogP contribution in [0.1, 0.15) is 71.6 Å². The molecule has 0 amide bonds. The number of hydrogen-bond acceptors (Lipinski definition) is 5. The van der Waals surface area contributed by atoms with Crippen molar-refractivity contribution in [3.05, 3.63) is 11.6 Å². The van der Waals surface area contributed by atoms with E-state index >= 15 is 0 Å². The van der Waals surface area contributed by atoms with E-state index in [4.69, 9.17) is 10.00 Å². The van der Waals surface area contributed by atoms with Gasteiger partial charge in [0.2, 0.25) is 0 Å². The number of nitriles is 2. The van der Waals surface area contributed by atoms with Crippen LogP contribution in [-0.2, 0) is 9.53 Å². The van der Waals surface area contributed by atoms with Crippen molar-refractivity contribution in [2.24, 2.45) is 34.5 Å². The van der Waals surface area contributed by atoms with Crippen LogP contribution in [0.15, 0.2) is 11.6 Å². The molecule has 4 saturated carbocycles. The zero-order valence-corrected chi connectivity index (χ0v) is 17.6. The Balaban J connectivity index is 1.57. The van der Waals surface area contributed by atoms with Crippen LogP contribution in [0.4, 0.5) is 0 Å². The fourth-order valence-corrected chi connectivity index (χ4v) is 7.81. The summed E-state index contributed by atoms with van der Waals surface area (Å²) in [4.78, 5) is 11.9. The molecule has 0 spiro atoms. The summed E-state index contributed by atoms with van der Waals surface area (Å²) in [6, 6.07) is 4.11. The SMILES string of the molecule is C[C@]12C[C@H](OC(=O)CC#N)[C@@H](O)C[C@@H]1CC[C@@H]1[C@@H]2CC[C@]2(C)/C(=C/C#N)CC[C@@H]12. The van der Waals surface area contributed by atoms with Gasteiger partial charge < -0.3 is 9.84 Å². The van der Waals surface area contributed by atoms with Crippen molar-refractivity contribution in [3.63, 3.8) is 0 Å². The van der Waals surface area contributed by atoms with Crippen molar-refractivity contribution in [3.8, 4) is 12.1 Å². The van der Waals surface area contributed by atoms with Gasteiger partial charge in [-0.3, -0.25) is 4.79 Å². The van der Waals surface area contributed by atoms with E-state index in [0.29, 0.717) is 36.5 Å². The van der Waals surface area contributed by atoms with Gasteiger partial charge in [-0.15, -0.1) is 0 Å². The van der Waals surface area contributed by atoms with Gasteiger partial charge in [0, 0.05) is 6.08 Å². The van der Waals surface area contributed by atoms with Crippen LogP contribution in [0.3, 0.4) is 0 Å². The number of hydrogen-bond donors (Lipinski definition) is 1. The van der Waals surface area contributed by atoms with Crippen molar-refractivity contribution in [2.75, 3.05) is 0 Å². The number of carbonyl (C=O) groups excluding carboxylic acids is 1. The molecule has 5 heteroatoms. The highest BCUT2D eigenvalue weighted by Gasteiger charge is 2.60.